The van der Waals surface area contributed by atoms with Gasteiger partial charge < -0.3 is 14.7 Å². The molecule has 3 aromatic rings. The van der Waals surface area contributed by atoms with Crippen LogP contribution in [0.5, 0.6) is 0 Å². The molecule has 0 aromatic heterocycles. The number of carboxylic acids is 1. The zero-order valence-electron chi connectivity index (χ0n) is 19.0. The first-order valence-electron chi connectivity index (χ1n) is 11.2. The molecule has 7 nitrogen and oxygen atoms in total. The number of nitrogens with one attached hydrogen (secondary N) is 1. The third kappa shape index (κ3) is 4.12. The topological polar surface area (TPSA) is 95.9 Å². The highest BCUT2D eigenvalue weighted by Crippen LogP contribution is 2.44. The molecule has 35 heavy (non-hydrogen) atoms. The van der Waals surface area contributed by atoms with Crippen LogP contribution in [0.15, 0.2) is 66.7 Å². The van der Waals surface area contributed by atoms with Gasteiger partial charge in [0.05, 0.1) is 10.7 Å². The number of carbonyl (C=O) groups excluding carboxylic acids is 2. The number of likely N-dealkylation sites (tertiary alicyclic amines) is 1. The minimum Gasteiger partial charge on any atom is -0.481 e. The second-order valence-electron chi connectivity index (χ2n) is 9.17. The lowest BCUT2D eigenvalue weighted by atomic mass is 9.81. The van der Waals surface area contributed by atoms with Gasteiger partial charge in [0.1, 0.15) is 12.0 Å². The van der Waals surface area contributed by atoms with Crippen LogP contribution in [-0.2, 0) is 9.53 Å². The molecule has 0 radical (unpaired) electrons. The molecule has 0 unspecified atom stereocenters. The number of rotatable bonds is 5. The number of ether oxygens (including phenoxy) is 1. The molecule has 5 rings (SSSR count). The predicted octanol–water partition coefficient (Wildman–Crippen LogP) is 5.25. The van der Waals surface area contributed by atoms with Crippen LogP contribution in [-0.4, -0.2) is 47.7 Å². The van der Waals surface area contributed by atoms with E-state index < -0.39 is 17.5 Å². The molecule has 178 valence electrons. The Balaban J connectivity index is 1.22. The number of carboxylic acid groups (broad SMARTS) is 1. The summed E-state index contributed by atoms with van der Waals surface area (Å²) in [7, 11) is 0. The number of fused-ring (bicyclic) bond motifs is 3. The lowest BCUT2D eigenvalue weighted by molar-refractivity contribution is -0.155. The fourth-order valence-corrected chi connectivity index (χ4v) is 4.98. The van der Waals surface area contributed by atoms with E-state index in [1.54, 1.807) is 13.0 Å². The van der Waals surface area contributed by atoms with E-state index in [-0.39, 0.29) is 36.5 Å². The Bertz CT molecular complexity index is 1300. The van der Waals surface area contributed by atoms with Crippen LogP contribution < -0.4 is 5.32 Å². The molecule has 2 amide bonds. The van der Waals surface area contributed by atoms with Crippen molar-refractivity contribution in [3.05, 3.63) is 88.4 Å². The first kappa shape index (κ1) is 22.9. The van der Waals surface area contributed by atoms with Gasteiger partial charge in [0, 0.05) is 24.6 Å². The molecule has 0 saturated carbocycles. The summed E-state index contributed by atoms with van der Waals surface area (Å²) < 4.78 is 5.55. The molecule has 1 aliphatic heterocycles. The summed E-state index contributed by atoms with van der Waals surface area (Å²) in [6.45, 7) is 2.05. The van der Waals surface area contributed by atoms with Crippen molar-refractivity contribution in [3.8, 4) is 11.1 Å². The van der Waals surface area contributed by atoms with Gasteiger partial charge in [0.25, 0.3) is 5.91 Å². The van der Waals surface area contributed by atoms with E-state index in [1.807, 2.05) is 36.4 Å². The molecular weight excluding hydrogens is 468 g/mol. The fourth-order valence-electron chi connectivity index (χ4n) is 4.75. The Morgan fingerprint density at radius 2 is 1.63 bits per heavy atom. The van der Waals surface area contributed by atoms with Crippen LogP contribution in [0, 0.1) is 5.41 Å². The normalized spacial score (nSPS) is 15.5. The standard InChI is InChI=1S/C27H23ClN2O5/c1-27(25(32)33)14-30(15-27)24(31)16-10-11-23(22(28)12-16)29-26(34)35-13-21-19-8-4-2-6-17(19)18-7-3-5-9-20(18)21/h2-12,21H,13-15H2,1H3,(H,29,34)(H,32,33). The van der Waals surface area contributed by atoms with Gasteiger partial charge in [0.2, 0.25) is 0 Å². The monoisotopic (exact) mass is 490 g/mol. The zero-order valence-corrected chi connectivity index (χ0v) is 19.7. The molecule has 0 atom stereocenters. The summed E-state index contributed by atoms with van der Waals surface area (Å²) in [6.07, 6.45) is -0.646. The summed E-state index contributed by atoms with van der Waals surface area (Å²) in [5, 5.41) is 12.0. The predicted molar refractivity (Wildman–Crippen MR) is 132 cm³/mol. The average Bonchev–Trinajstić information content (AvgIpc) is 3.15. The van der Waals surface area contributed by atoms with Gasteiger partial charge in [-0.2, -0.15) is 0 Å². The number of nitrogens with zero attached hydrogens (tertiary/aromatic N) is 1. The molecule has 1 aliphatic carbocycles. The highest BCUT2D eigenvalue weighted by Gasteiger charge is 2.47. The second-order valence-corrected chi connectivity index (χ2v) is 9.58. The number of anilines is 1. The van der Waals surface area contributed by atoms with Crippen LogP contribution in [0.1, 0.15) is 34.3 Å². The van der Waals surface area contributed by atoms with Crippen LogP contribution in [0.4, 0.5) is 10.5 Å². The number of hydrogen-bond acceptors (Lipinski definition) is 4. The lowest BCUT2D eigenvalue weighted by Gasteiger charge is -2.44. The number of aliphatic carboxylic acids is 1. The second kappa shape index (κ2) is 8.74. The highest BCUT2D eigenvalue weighted by atomic mass is 35.5. The minimum atomic E-state index is -0.928. The Kier molecular flexibility index (Phi) is 5.73. The molecule has 1 heterocycles. The maximum atomic E-state index is 12.6. The van der Waals surface area contributed by atoms with Crippen molar-refractivity contribution in [3.63, 3.8) is 0 Å². The largest absolute Gasteiger partial charge is 0.481 e. The summed E-state index contributed by atoms with van der Waals surface area (Å²) in [6, 6.07) is 20.7. The quantitative estimate of drug-likeness (QED) is 0.509. The number of hydrogen-bond donors (Lipinski definition) is 2. The lowest BCUT2D eigenvalue weighted by Crippen LogP contribution is -2.60. The number of benzene rings is 3. The van der Waals surface area contributed by atoms with Gasteiger partial charge in [-0.1, -0.05) is 60.1 Å². The van der Waals surface area contributed by atoms with E-state index in [2.05, 4.69) is 17.4 Å². The first-order valence-corrected chi connectivity index (χ1v) is 11.6. The molecule has 2 aliphatic rings. The molecule has 0 bridgehead atoms. The molecule has 2 N–H and O–H groups in total. The van der Waals surface area contributed by atoms with E-state index >= 15 is 0 Å². The molecule has 1 fully saturated rings. The average molecular weight is 491 g/mol. The van der Waals surface area contributed by atoms with Crippen molar-refractivity contribution in [2.45, 2.75) is 12.8 Å². The van der Waals surface area contributed by atoms with Crippen LogP contribution in [0.3, 0.4) is 0 Å². The molecule has 0 spiro atoms. The third-order valence-corrected chi connectivity index (χ3v) is 6.99. The van der Waals surface area contributed by atoms with Crippen molar-refractivity contribution >= 4 is 35.3 Å². The van der Waals surface area contributed by atoms with Crippen LogP contribution in [0.25, 0.3) is 11.1 Å². The highest BCUT2D eigenvalue weighted by molar-refractivity contribution is 6.34. The maximum absolute atomic E-state index is 12.6. The SMILES string of the molecule is CC1(C(=O)O)CN(C(=O)c2ccc(NC(=O)OCC3c4ccccc4-c4ccccc43)c(Cl)c2)C1. The summed E-state index contributed by atoms with van der Waals surface area (Å²) in [5.41, 5.74) is 4.24. The Hall–Kier alpha value is -3.84. The third-order valence-electron chi connectivity index (χ3n) is 6.68. The minimum absolute atomic E-state index is 0.0587. The molecular formula is C27H23ClN2O5. The van der Waals surface area contributed by atoms with Crippen molar-refractivity contribution in [1.29, 1.82) is 0 Å². The Morgan fingerprint density at radius 3 is 2.20 bits per heavy atom. The summed E-state index contributed by atoms with van der Waals surface area (Å²) >= 11 is 6.32. The van der Waals surface area contributed by atoms with Gasteiger partial charge >= 0.3 is 12.1 Å². The number of halogens is 1. The number of amides is 2. The van der Waals surface area contributed by atoms with Crippen molar-refractivity contribution in [2.75, 3.05) is 25.0 Å². The van der Waals surface area contributed by atoms with E-state index in [0.717, 1.165) is 22.3 Å². The Labute approximate surface area is 207 Å². The van der Waals surface area contributed by atoms with E-state index in [4.69, 9.17) is 16.3 Å². The van der Waals surface area contributed by atoms with Crippen LogP contribution in [0.2, 0.25) is 5.02 Å². The van der Waals surface area contributed by atoms with Gasteiger partial charge in [-0.05, 0) is 47.4 Å². The van der Waals surface area contributed by atoms with Crippen molar-refractivity contribution < 1.29 is 24.2 Å². The van der Waals surface area contributed by atoms with Crippen LogP contribution >= 0.6 is 11.6 Å². The summed E-state index contributed by atoms with van der Waals surface area (Å²) in [5.74, 6) is -1.29. The summed E-state index contributed by atoms with van der Waals surface area (Å²) in [4.78, 5) is 37.9. The van der Waals surface area contributed by atoms with Gasteiger partial charge in [0.15, 0.2) is 0 Å². The Morgan fingerprint density at radius 1 is 1.03 bits per heavy atom. The zero-order chi connectivity index (χ0) is 24.7. The number of carbonyl (C=O) groups is 3. The van der Waals surface area contributed by atoms with Gasteiger partial charge in [-0.15, -0.1) is 0 Å². The first-order chi connectivity index (χ1) is 16.8. The van der Waals surface area contributed by atoms with Crippen molar-refractivity contribution in [1.82, 2.24) is 4.90 Å². The van der Waals surface area contributed by atoms with Gasteiger partial charge in [-0.25, -0.2) is 4.79 Å². The van der Waals surface area contributed by atoms with E-state index in [9.17, 15) is 19.5 Å². The molecule has 3 aromatic carbocycles. The maximum Gasteiger partial charge on any atom is 0.411 e. The van der Waals surface area contributed by atoms with Crippen molar-refractivity contribution in [2.24, 2.45) is 5.41 Å². The molecule has 8 heteroatoms. The fraction of sp³-hybridized carbons (Fsp3) is 0.222. The van der Waals surface area contributed by atoms with E-state index in [0.29, 0.717) is 11.3 Å². The molecule has 1 saturated heterocycles. The van der Waals surface area contributed by atoms with Gasteiger partial charge in [-0.3, -0.25) is 14.9 Å². The van der Waals surface area contributed by atoms with E-state index in [1.165, 1.54) is 17.0 Å². The smallest absolute Gasteiger partial charge is 0.411 e.